The van der Waals surface area contributed by atoms with Crippen molar-refractivity contribution < 1.29 is 14.4 Å². The molecule has 0 saturated heterocycles. The van der Waals surface area contributed by atoms with Gasteiger partial charge in [0.1, 0.15) is 11.4 Å². The highest BCUT2D eigenvalue weighted by Crippen LogP contribution is 2.28. The van der Waals surface area contributed by atoms with E-state index in [2.05, 4.69) is 20.4 Å². The van der Waals surface area contributed by atoms with Gasteiger partial charge in [-0.2, -0.15) is 0 Å². The van der Waals surface area contributed by atoms with Crippen molar-refractivity contribution in [1.82, 2.24) is 15.3 Å². The molecule has 2 aromatic carbocycles. The van der Waals surface area contributed by atoms with Crippen molar-refractivity contribution in [1.29, 1.82) is 0 Å². The zero-order chi connectivity index (χ0) is 21.6. The maximum absolute atomic E-state index is 12.9. The summed E-state index contributed by atoms with van der Waals surface area (Å²) in [6, 6.07) is 13.5. The predicted octanol–water partition coefficient (Wildman–Crippen LogP) is 3.84. The Kier molecular flexibility index (Phi) is 6.21. The molecule has 0 saturated carbocycles. The quantitative estimate of drug-likeness (QED) is 0.632. The Morgan fingerprint density at radius 2 is 2.03 bits per heavy atom. The number of carbonyl (C=O) groups is 1. The Morgan fingerprint density at radius 1 is 1.19 bits per heavy atom. The summed E-state index contributed by atoms with van der Waals surface area (Å²) in [6.07, 6.45) is 6.02. The summed E-state index contributed by atoms with van der Waals surface area (Å²) in [5.74, 6) is 0.676. The van der Waals surface area contributed by atoms with E-state index in [1.165, 1.54) is 0 Å². The van der Waals surface area contributed by atoms with Gasteiger partial charge in [-0.1, -0.05) is 36.3 Å². The maximum Gasteiger partial charge on any atom is 0.251 e. The van der Waals surface area contributed by atoms with Crippen molar-refractivity contribution in [2.24, 2.45) is 5.16 Å². The third-order valence-corrected chi connectivity index (χ3v) is 5.26. The fraction of sp³-hybridized carbons (Fsp3) is 0.250. The molecule has 1 aromatic heterocycles. The fourth-order valence-electron chi connectivity index (χ4n) is 3.48. The van der Waals surface area contributed by atoms with Gasteiger partial charge in [-0.3, -0.25) is 14.8 Å². The summed E-state index contributed by atoms with van der Waals surface area (Å²) < 4.78 is 5.18. The van der Waals surface area contributed by atoms with Crippen LogP contribution in [0.2, 0.25) is 0 Å². The van der Waals surface area contributed by atoms with Crippen LogP contribution in [-0.4, -0.2) is 28.7 Å². The minimum atomic E-state index is -0.262. The number of nitrogens with one attached hydrogen (secondary N) is 1. The number of rotatable bonds is 7. The molecule has 7 nitrogen and oxygen atoms in total. The van der Waals surface area contributed by atoms with Crippen LogP contribution in [0.25, 0.3) is 0 Å². The summed E-state index contributed by atoms with van der Waals surface area (Å²) in [5.41, 5.74) is 5.05. The van der Waals surface area contributed by atoms with Gasteiger partial charge in [0, 0.05) is 36.5 Å². The van der Waals surface area contributed by atoms with Crippen LogP contribution in [0.4, 0.5) is 0 Å². The Bertz CT molecular complexity index is 1080. The molecule has 1 aliphatic heterocycles. The van der Waals surface area contributed by atoms with Gasteiger partial charge in [0.25, 0.3) is 5.91 Å². The maximum atomic E-state index is 12.9. The van der Waals surface area contributed by atoms with Crippen LogP contribution < -0.4 is 10.1 Å². The first kappa shape index (κ1) is 20.5. The average molecular weight is 416 g/mol. The molecule has 31 heavy (non-hydrogen) atoms. The molecule has 1 atom stereocenters. The Hall–Kier alpha value is -3.74. The molecule has 4 rings (SSSR count). The number of methoxy groups -OCH3 is 1. The predicted molar refractivity (Wildman–Crippen MR) is 117 cm³/mol. The highest BCUT2D eigenvalue weighted by Gasteiger charge is 2.26. The number of hydrogen-bond donors (Lipinski definition) is 1. The zero-order valence-corrected chi connectivity index (χ0v) is 17.5. The number of carbonyl (C=O) groups excluding carboxylic acids is 1. The van der Waals surface area contributed by atoms with E-state index in [0.29, 0.717) is 18.5 Å². The fourth-order valence-corrected chi connectivity index (χ4v) is 3.48. The normalized spacial score (nSPS) is 15.2. The average Bonchev–Trinajstić information content (AvgIpc) is 3.33. The number of amides is 1. The molecule has 158 valence electrons. The van der Waals surface area contributed by atoms with Gasteiger partial charge in [0.15, 0.2) is 6.10 Å². The lowest BCUT2D eigenvalue weighted by Crippen LogP contribution is -2.24. The molecule has 0 spiro atoms. The van der Waals surface area contributed by atoms with Gasteiger partial charge in [-0.15, -0.1) is 0 Å². The molecule has 0 bridgehead atoms. The van der Waals surface area contributed by atoms with E-state index in [0.717, 1.165) is 40.3 Å². The van der Waals surface area contributed by atoms with Gasteiger partial charge in [0.05, 0.1) is 19.0 Å². The number of oxime groups is 1. The summed E-state index contributed by atoms with van der Waals surface area (Å²) in [4.78, 5) is 26.9. The largest absolute Gasteiger partial charge is 0.497 e. The third-order valence-electron chi connectivity index (χ3n) is 5.26. The second-order valence-corrected chi connectivity index (χ2v) is 7.22. The smallest absolute Gasteiger partial charge is 0.251 e. The summed E-state index contributed by atoms with van der Waals surface area (Å²) in [7, 11) is 1.63. The molecule has 7 heteroatoms. The van der Waals surface area contributed by atoms with E-state index in [4.69, 9.17) is 9.57 Å². The SMILES string of the molecule is CCc1ccc(C2=NOC(c3cnccn3)C2)cc1C(=O)NCc1ccc(OC)cc1. The summed E-state index contributed by atoms with van der Waals surface area (Å²) in [5, 5.41) is 7.25. The van der Waals surface area contributed by atoms with Crippen LogP contribution in [-0.2, 0) is 17.8 Å². The van der Waals surface area contributed by atoms with Gasteiger partial charge < -0.3 is 14.9 Å². The van der Waals surface area contributed by atoms with Gasteiger partial charge in [-0.25, -0.2) is 0 Å². The standard InChI is InChI=1S/C24H24N4O3/c1-3-17-6-7-18(21-13-23(31-28-21)22-15-25-10-11-26-22)12-20(17)24(29)27-14-16-4-8-19(30-2)9-5-16/h4-12,15,23H,3,13-14H2,1-2H3,(H,27,29). The van der Waals surface area contributed by atoms with E-state index in [-0.39, 0.29) is 12.0 Å². The van der Waals surface area contributed by atoms with E-state index >= 15 is 0 Å². The molecule has 1 N–H and O–H groups in total. The molecule has 1 aliphatic rings. The lowest BCUT2D eigenvalue weighted by Gasteiger charge is -2.12. The number of benzene rings is 2. The Morgan fingerprint density at radius 3 is 2.74 bits per heavy atom. The first-order valence-electron chi connectivity index (χ1n) is 10.2. The minimum absolute atomic E-state index is 0.112. The number of ether oxygens (including phenoxy) is 1. The van der Waals surface area contributed by atoms with Crippen LogP contribution in [0.5, 0.6) is 5.75 Å². The highest BCUT2D eigenvalue weighted by atomic mass is 16.6. The monoisotopic (exact) mass is 416 g/mol. The summed E-state index contributed by atoms with van der Waals surface area (Å²) in [6.45, 7) is 2.48. The van der Waals surface area contributed by atoms with Crippen molar-refractivity contribution in [3.8, 4) is 5.75 Å². The highest BCUT2D eigenvalue weighted by molar-refractivity contribution is 6.04. The molecule has 0 aliphatic carbocycles. The van der Waals surface area contributed by atoms with E-state index in [1.54, 1.807) is 25.7 Å². The second kappa shape index (κ2) is 9.38. The number of aryl methyl sites for hydroxylation is 1. The molecule has 0 fully saturated rings. The van der Waals surface area contributed by atoms with E-state index in [1.807, 2.05) is 49.4 Å². The van der Waals surface area contributed by atoms with Crippen LogP contribution in [0.1, 0.15) is 52.2 Å². The molecule has 0 radical (unpaired) electrons. The molecule has 1 unspecified atom stereocenters. The van der Waals surface area contributed by atoms with Crippen LogP contribution >= 0.6 is 0 Å². The molecule has 2 heterocycles. The second-order valence-electron chi connectivity index (χ2n) is 7.22. The van der Waals surface area contributed by atoms with Crippen LogP contribution in [0, 0.1) is 0 Å². The van der Waals surface area contributed by atoms with Crippen molar-refractivity contribution in [2.45, 2.75) is 32.4 Å². The molecular weight excluding hydrogens is 392 g/mol. The molecule has 1 amide bonds. The Balaban J connectivity index is 1.47. The third kappa shape index (κ3) is 4.71. The first-order valence-corrected chi connectivity index (χ1v) is 10.2. The lowest BCUT2D eigenvalue weighted by atomic mass is 9.96. The van der Waals surface area contributed by atoms with Crippen LogP contribution in [0.3, 0.4) is 0 Å². The number of nitrogens with zero attached hydrogens (tertiary/aromatic N) is 3. The van der Waals surface area contributed by atoms with Crippen LogP contribution in [0.15, 0.2) is 66.2 Å². The Labute approximate surface area is 181 Å². The number of aromatic nitrogens is 2. The van der Waals surface area contributed by atoms with Crippen molar-refractivity contribution in [3.63, 3.8) is 0 Å². The summed E-state index contributed by atoms with van der Waals surface area (Å²) >= 11 is 0. The van der Waals surface area contributed by atoms with Gasteiger partial charge >= 0.3 is 0 Å². The van der Waals surface area contributed by atoms with Crippen molar-refractivity contribution in [2.75, 3.05) is 7.11 Å². The zero-order valence-electron chi connectivity index (χ0n) is 17.5. The molecule has 3 aromatic rings. The van der Waals surface area contributed by atoms with E-state index < -0.39 is 0 Å². The van der Waals surface area contributed by atoms with Gasteiger partial charge in [-0.05, 0) is 35.7 Å². The van der Waals surface area contributed by atoms with E-state index in [9.17, 15) is 4.79 Å². The van der Waals surface area contributed by atoms with Crippen molar-refractivity contribution >= 4 is 11.6 Å². The molecular formula is C24H24N4O3. The lowest BCUT2D eigenvalue weighted by molar-refractivity contribution is 0.0823. The first-order chi connectivity index (χ1) is 15.2. The topological polar surface area (TPSA) is 85.7 Å². The van der Waals surface area contributed by atoms with Gasteiger partial charge in [0.2, 0.25) is 0 Å². The number of hydrogen-bond acceptors (Lipinski definition) is 6. The minimum Gasteiger partial charge on any atom is -0.497 e. The van der Waals surface area contributed by atoms with Crippen molar-refractivity contribution in [3.05, 3.63) is 89.0 Å².